The average Bonchev–Trinajstić information content (AvgIpc) is 2.45. The Labute approximate surface area is 131 Å². The van der Waals surface area contributed by atoms with Crippen LogP contribution in [-0.4, -0.2) is 34.0 Å². The quantitative estimate of drug-likeness (QED) is 0.563. The van der Waals surface area contributed by atoms with E-state index in [-0.39, 0.29) is 34.8 Å². The van der Waals surface area contributed by atoms with E-state index in [4.69, 9.17) is 0 Å². The second kappa shape index (κ2) is 7.12. The molecule has 2 rings (SSSR count). The largest absolute Gasteiger partial charge is 0.336 e. The highest BCUT2D eigenvalue weighted by Gasteiger charge is 2.23. The van der Waals surface area contributed by atoms with Crippen molar-refractivity contribution in [2.45, 2.75) is 24.8 Å². The van der Waals surface area contributed by atoms with E-state index in [0.29, 0.717) is 5.69 Å². The number of non-ortho nitro benzene ring substituents is 1. The monoisotopic (exact) mass is 324 g/mol. The van der Waals surface area contributed by atoms with Crippen LogP contribution in [0.3, 0.4) is 0 Å². The molecule has 0 saturated carbocycles. The molecule has 22 heavy (non-hydrogen) atoms. The van der Waals surface area contributed by atoms with E-state index in [1.54, 1.807) is 0 Å². The fourth-order valence-electron chi connectivity index (χ4n) is 2.00. The summed E-state index contributed by atoms with van der Waals surface area (Å²) in [6, 6.07) is 5.47. The third-order valence-electron chi connectivity index (χ3n) is 3.01. The highest BCUT2D eigenvalue weighted by atomic mass is 32.2. The molecule has 1 heterocycles. The molecule has 2 unspecified atom stereocenters. The van der Waals surface area contributed by atoms with Crippen LogP contribution >= 0.6 is 11.8 Å². The van der Waals surface area contributed by atoms with Crippen LogP contribution < -0.4 is 16.0 Å². The van der Waals surface area contributed by atoms with Crippen LogP contribution in [0.15, 0.2) is 24.3 Å². The molecule has 3 amide bonds. The first-order valence-corrected chi connectivity index (χ1v) is 7.72. The van der Waals surface area contributed by atoms with E-state index in [0.717, 1.165) is 6.42 Å². The SMILES string of the molecule is CC1CC(SCC(=O)Nc2ccc([N+](=O)[O-])cc2)NC(=O)N1. The molecule has 0 aromatic heterocycles. The van der Waals surface area contributed by atoms with Crippen LogP contribution in [0.25, 0.3) is 0 Å². The number of carbonyl (C=O) groups is 2. The summed E-state index contributed by atoms with van der Waals surface area (Å²) in [6.45, 7) is 1.91. The van der Waals surface area contributed by atoms with E-state index >= 15 is 0 Å². The Bertz CT molecular complexity index is 578. The minimum Gasteiger partial charge on any atom is -0.336 e. The highest BCUT2D eigenvalue weighted by Crippen LogP contribution is 2.18. The number of amides is 3. The molecular formula is C13H16N4O4S. The van der Waals surface area contributed by atoms with E-state index in [1.165, 1.54) is 36.0 Å². The molecule has 0 bridgehead atoms. The molecule has 118 valence electrons. The number of nitro groups is 1. The van der Waals surface area contributed by atoms with Crippen molar-refractivity contribution in [2.24, 2.45) is 0 Å². The van der Waals surface area contributed by atoms with Crippen molar-refractivity contribution in [2.75, 3.05) is 11.1 Å². The number of hydrogen-bond acceptors (Lipinski definition) is 5. The Morgan fingerprint density at radius 3 is 2.68 bits per heavy atom. The summed E-state index contributed by atoms with van der Waals surface area (Å²) in [7, 11) is 0. The zero-order chi connectivity index (χ0) is 16.1. The summed E-state index contributed by atoms with van der Waals surface area (Å²) in [6.07, 6.45) is 0.737. The molecular weight excluding hydrogens is 308 g/mol. The maximum atomic E-state index is 11.8. The highest BCUT2D eigenvalue weighted by molar-refractivity contribution is 8.00. The predicted octanol–water partition coefficient (Wildman–Crippen LogP) is 1.68. The minimum absolute atomic E-state index is 0.0289. The maximum Gasteiger partial charge on any atom is 0.315 e. The number of anilines is 1. The molecule has 1 fully saturated rings. The van der Waals surface area contributed by atoms with E-state index in [1.807, 2.05) is 6.92 Å². The summed E-state index contributed by atoms with van der Waals surface area (Å²) in [4.78, 5) is 33.2. The van der Waals surface area contributed by atoms with Crippen LogP contribution in [0.5, 0.6) is 0 Å². The van der Waals surface area contributed by atoms with Gasteiger partial charge in [0.2, 0.25) is 5.91 Å². The zero-order valence-corrected chi connectivity index (χ0v) is 12.7. The summed E-state index contributed by atoms with van der Waals surface area (Å²) in [5, 5.41) is 18.6. The van der Waals surface area contributed by atoms with Gasteiger partial charge in [0.25, 0.3) is 5.69 Å². The smallest absolute Gasteiger partial charge is 0.315 e. The molecule has 1 aromatic carbocycles. The number of urea groups is 1. The molecule has 1 aliphatic rings. The molecule has 1 saturated heterocycles. The molecule has 1 aromatic rings. The molecule has 0 spiro atoms. The van der Waals surface area contributed by atoms with Crippen molar-refractivity contribution in [3.63, 3.8) is 0 Å². The Morgan fingerprint density at radius 1 is 1.41 bits per heavy atom. The van der Waals surface area contributed by atoms with Gasteiger partial charge in [-0.05, 0) is 25.5 Å². The second-order valence-electron chi connectivity index (χ2n) is 4.91. The molecule has 0 aliphatic carbocycles. The number of nitrogens with zero attached hydrogens (tertiary/aromatic N) is 1. The van der Waals surface area contributed by atoms with Crippen molar-refractivity contribution >= 4 is 35.1 Å². The third-order valence-corrected chi connectivity index (χ3v) is 4.16. The molecule has 1 aliphatic heterocycles. The van der Waals surface area contributed by atoms with Crippen LogP contribution in [-0.2, 0) is 4.79 Å². The van der Waals surface area contributed by atoms with E-state index < -0.39 is 4.92 Å². The number of benzene rings is 1. The number of thioether (sulfide) groups is 1. The summed E-state index contributed by atoms with van der Waals surface area (Å²) < 4.78 is 0. The van der Waals surface area contributed by atoms with Crippen molar-refractivity contribution in [1.29, 1.82) is 0 Å². The maximum absolute atomic E-state index is 11.8. The first kappa shape index (κ1) is 16.1. The van der Waals surface area contributed by atoms with Gasteiger partial charge in [0.05, 0.1) is 16.1 Å². The molecule has 0 radical (unpaired) electrons. The van der Waals surface area contributed by atoms with Crippen molar-refractivity contribution in [3.05, 3.63) is 34.4 Å². The molecule has 8 nitrogen and oxygen atoms in total. The number of nitrogens with one attached hydrogen (secondary N) is 3. The van der Waals surface area contributed by atoms with Gasteiger partial charge < -0.3 is 16.0 Å². The molecule has 3 N–H and O–H groups in total. The molecule has 2 atom stereocenters. The summed E-state index contributed by atoms with van der Waals surface area (Å²) in [5.41, 5.74) is 0.470. The van der Waals surface area contributed by atoms with Gasteiger partial charge in [-0.1, -0.05) is 0 Å². The zero-order valence-electron chi connectivity index (χ0n) is 11.9. The first-order valence-electron chi connectivity index (χ1n) is 6.67. The van der Waals surface area contributed by atoms with Gasteiger partial charge in [0.1, 0.15) is 0 Å². The Kier molecular flexibility index (Phi) is 5.21. The lowest BCUT2D eigenvalue weighted by Gasteiger charge is -2.28. The summed E-state index contributed by atoms with van der Waals surface area (Å²) >= 11 is 1.35. The van der Waals surface area contributed by atoms with Crippen LogP contribution in [0.1, 0.15) is 13.3 Å². The van der Waals surface area contributed by atoms with Crippen LogP contribution in [0.4, 0.5) is 16.2 Å². The van der Waals surface area contributed by atoms with Gasteiger partial charge in [-0.15, -0.1) is 11.8 Å². The second-order valence-corrected chi connectivity index (χ2v) is 6.10. The van der Waals surface area contributed by atoms with Crippen molar-refractivity contribution in [3.8, 4) is 0 Å². The van der Waals surface area contributed by atoms with Gasteiger partial charge in [-0.3, -0.25) is 14.9 Å². The Balaban J connectivity index is 1.80. The number of carbonyl (C=O) groups excluding carboxylic acids is 2. The third kappa shape index (κ3) is 4.62. The topological polar surface area (TPSA) is 113 Å². The predicted molar refractivity (Wildman–Crippen MR) is 83.7 cm³/mol. The van der Waals surface area contributed by atoms with Gasteiger partial charge in [-0.25, -0.2) is 4.79 Å². The lowest BCUT2D eigenvalue weighted by molar-refractivity contribution is -0.384. The fraction of sp³-hybridized carbons (Fsp3) is 0.385. The van der Waals surface area contributed by atoms with Crippen LogP contribution in [0.2, 0.25) is 0 Å². The Morgan fingerprint density at radius 2 is 2.09 bits per heavy atom. The van der Waals surface area contributed by atoms with Gasteiger partial charge in [0, 0.05) is 23.9 Å². The number of rotatable bonds is 5. The molecule has 9 heteroatoms. The first-order chi connectivity index (χ1) is 10.4. The fourth-order valence-corrected chi connectivity index (χ4v) is 3.04. The normalized spacial score (nSPS) is 20.7. The van der Waals surface area contributed by atoms with Gasteiger partial charge in [0.15, 0.2) is 0 Å². The standard InChI is InChI=1S/C13H16N4O4S/c1-8-6-12(16-13(19)14-8)22-7-11(18)15-9-2-4-10(5-3-9)17(20)21/h2-5,8,12H,6-7H2,1H3,(H,15,18)(H2,14,16,19). The number of nitro benzene ring substituents is 1. The lowest BCUT2D eigenvalue weighted by Crippen LogP contribution is -2.52. The van der Waals surface area contributed by atoms with Gasteiger partial charge >= 0.3 is 6.03 Å². The Hall–Kier alpha value is -2.29. The summed E-state index contributed by atoms with van der Waals surface area (Å²) in [5.74, 6) is -0.0337. The van der Waals surface area contributed by atoms with Crippen molar-refractivity contribution < 1.29 is 14.5 Å². The van der Waals surface area contributed by atoms with Crippen LogP contribution in [0, 0.1) is 10.1 Å². The van der Waals surface area contributed by atoms with E-state index in [9.17, 15) is 19.7 Å². The number of hydrogen-bond donors (Lipinski definition) is 3. The minimum atomic E-state index is -0.498. The lowest BCUT2D eigenvalue weighted by atomic mass is 10.2. The van der Waals surface area contributed by atoms with Crippen molar-refractivity contribution in [1.82, 2.24) is 10.6 Å². The average molecular weight is 324 g/mol. The van der Waals surface area contributed by atoms with Gasteiger partial charge in [-0.2, -0.15) is 0 Å². The van der Waals surface area contributed by atoms with E-state index in [2.05, 4.69) is 16.0 Å².